The minimum absolute atomic E-state index is 0.0331. The molecule has 0 aliphatic rings. The first kappa shape index (κ1) is 12.5. The van der Waals surface area contributed by atoms with E-state index in [4.69, 9.17) is 0 Å². The Kier molecular flexibility index (Phi) is 3.57. The van der Waals surface area contributed by atoms with Gasteiger partial charge in [-0.25, -0.2) is 4.98 Å². The largest absolute Gasteiger partial charge is 0.376 e. The molecule has 5 nitrogen and oxygen atoms in total. The number of hydrogen-bond acceptors (Lipinski definition) is 5. The second kappa shape index (κ2) is 5.14. The lowest BCUT2D eigenvalue weighted by Crippen LogP contribution is -2.08. The van der Waals surface area contributed by atoms with Gasteiger partial charge in [-0.15, -0.1) is 11.3 Å². The summed E-state index contributed by atoms with van der Waals surface area (Å²) < 4.78 is 0. The summed E-state index contributed by atoms with van der Waals surface area (Å²) in [6, 6.07) is 5.06. The molecule has 0 radical (unpaired) electrons. The van der Waals surface area contributed by atoms with E-state index in [-0.39, 0.29) is 16.7 Å². The molecule has 1 atom stereocenters. The molecule has 94 valence electrons. The van der Waals surface area contributed by atoms with Crippen molar-refractivity contribution in [3.8, 4) is 0 Å². The van der Waals surface area contributed by atoms with E-state index < -0.39 is 0 Å². The number of benzene rings is 1. The monoisotopic (exact) mass is 263 g/mol. The zero-order chi connectivity index (χ0) is 13.1. The van der Waals surface area contributed by atoms with Crippen molar-refractivity contribution in [3.05, 3.63) is 50.5 Å². The van der Waals surface area contributed by atoms with E-state index in [2.05, 4.69) is 10.3 Å². The third-order valence-electron chi connectivity index (χ3n) is 2.70. The first-order valence-electron chi connectivity index (χ1n) is 5.49. The summed E-state index contributed by atoms with van der Waals surface area (Å²) in [4.78, 5) is 14.7. The van der Waals surface area contributed by atoms with Crippen molar-refractivity contribution in [2.75, 3.05) is 5.32 Å². The Morgan fingerprint density at radius 1 is 1.50 bits per heavy atom. The molecule has 1 heterocycles. The summed E-state index contributed by atoms with van der Waals surface area (Å²) in [5.41, 5.74) is 1.55. The molecule has 0 aliphatic carbocycles. The number of anilines is 1. The van der Waals surface area contributed by atoms with Gasteiger partial charge in [0.05, 0.1) is 11.0 Å². The highest BCUT2D eigenvalue weighted by Gasteiger charge is 2.15. The predicted molar refractivity (Wildman–Crippen MR) is 72.0 cm³/mol. The van der Waals surface area contributed by atoms with E-state index >= 15 is 0 Å². The minimum Gasteiger partial charge on any atom is -0.376 e. The third kappa shape index (κ3) is 2.48. The van der Waals surface area contributed by atoms with Crippen LogP contribution < -0.4 is 5.32 Å². The third-order valence-corrected chi connectivity index (χ3v) is 3.65. The summed E-state index contributed by atoms with van der Waals surface area (Å²) in [6.07, 6.45) is 1.75. The number of nitrogens with one attached hydrogen (secondary N) is 1. The van der Waals surface area contributed by atoms with Crippen LogP contribution in [0.2, 0.25) is 0 Å². The number of nitro groups is 1. The molecule has 1 unspecified atom stereocenters. The maximum absolute atomic E-state index is 10.9. The maximum atomic E-state index is 10.9. The minimum atomic E-state index is -0.366. The highest BCUT2D eigenvalue weighted by molar-refractivity contribution is 7.09. The number of rotatable bonds is 4. The van der Waals surface area contributed by atoms with Crippen LogP contribution in [0.25, 0.3) is 0 Å². The van der Waals surface area contributed by atoms with Gasteiger partial charge in [-0.2, -0.15) is 0 Å². The Bertz CT molecular complexity index is 554. The van der Waals surface area contributed by atoms with E-state index in [1.165, 1.54) is 6.07 Å². The molecule has 2 rings (SSSR count). The lowest BCUT2D eigenvalue weighted by atomic mass is 10.1. The fraction of sp³-hybridized carbons (Fsp3) is 0.250. The average molecular weight is 263 g/mol. The molecule has 0 saturated carbocycles. The Labute approximate surface area is 109 Å². The van der Waals surface area contributed by atoms with Crippen LogP contribution in [0.4, 0.5) is 11.4 Å². The second-order valence-electron chi connectivity index (χ2n) is 3.94. The average Bonchev–Trinajstić information content (AvgIpc) is 2.85. The van der Waals surface area contributed by atoms with E-state index in [1.54, 1.807) is 30.5 Å². The van der Waals surface area contributed by atoms with Crippen LogP contribution in [0.15, 0.2) is 29.8 Å². The summed E-state index contributed by atoms with van der Waals surface area (Å²) in [6.45, 7) is 3.73. The number of nitro benzene ring substituents is 1. The fourth-order valence-electron chi connectivity index (χ4n) is 1.72. The topological polar surface area (TPSA) is 68.1 Å². The van der Waals surface area contributed by atoms with Crippen LogP contribution in [0, 0.1) is 17.0 Å². The summed E-state index contributed by atoms with van der Waals surface area (Å²) in [5, 5.41) is 17.0. The van der Waals surface area contributed by atoms with Gasteiger partial charge in [-0.3, -0.25) is 10.1 Å². The van der Waals surface area contributed by atoms with Gasteiger partial charge in [0.1, 0.15) is 5.01 Å². The van der Waals surface area contributed by atoms with Crippen molar-refractivity contribution >= 4 is 22.7 Å². The number of aromatic nitrogens is 1. The number of hydrogen-bond donors (Lipinski definition) is 1. The van der Waals surface area contributed by atoms with Gasteiger partial charge in [-0.1, -0.05) is 6.07 Å². The molecular weight excluding hydrogens is 250 g/mol. The molecule has 1 aromatic carbocycles. The summed E-state index contributed by atoms with van der Waals surface area (Å²) >= 11 is 1.56. The van der Waals surface area contributed by atoms with Crippen molar-refractivity contribution in [1.29, 1.82) is 0 Å². The van der Waals surface area contributed by atoms with E-state index in [0.29, 0.717) is 5.56 Å². The van der Waals surface area contributed by atoms with Crippen LogP contribution in [0.5, 0.6) is 0 Å². The summed E-state index contributed by atoms with van der Waals surface area (Å²) in [5.74, 6) is 0. The van der Waals surface area contributed by atoms with Crippen LogP contribution in [0.3, 0.4) is 0 Å². The molecule has 0 amide bonds. The maximum Gasteiger partial charge on any atom is 0.274 e. The molecule has 1 N–H and O–H groups in total. The number of thiazole rings is 1. The molecule has 0 spiro atoms. The van der Waals surface area contributed by atoms with Gasteiger partial charge in [0.2, 0.25) is 0 Å². The van der Waals surface area contributed by atoms with Crippen molar-refractivity contribution in [1.82, 2.24) is 4.98 Å². The van der Waals surface area contributed by atoms with E-state index in [0.717, 1.165) is 10.7 Å². The normalized spacial score (nSPS) is 12.1. The van der Waals surface area contributed by atoms with Crippen molar-refractivity contribution in [2.24, 2.45) is 0 Å². The Hall–Kier alpha value is -1.95. The summed E-state index contributed by atoms with van der Waals surface area (Å²) in [7, 11) is 0. The van der Waals surface area contributed by atoms with Crippen molar-refractivity contribution in [3.63, 3.8) is 0 Å². The van der Waals surface area contributed by atoms with E-state index in [9.17, 15) is 10.1 Å². The van der Waals surface area contributed by atoms with Crippen molar-refractivity contribution in [2.45, 2.75) is 19.9 Å². The first-order chi connectivity index (χ1) is 8.59. The molecule has 0 fully saturated rings. The van der Waals surface area contributed by atoms with Gasteiger partial charge in [0, 0.05) is 28.9 Å². The first-order valence-corrected chi connectivity index (χ1v) is 6.37. The standard InChI is InChI=1S/C12H13N3O2S/c1-8-10(4-3-5-11(8)15(16)17)14-9(2)12-13-6-7-18-12/h3-7,9,14H,1-2H3. The Balaban J connectivity index is 2.24. The number of nitrogens with zero attached hydrogens (tertiary/aromatic N) is 2. The lowest BCUT2D eigenvalue weighted by Gasteiger charge is -2.14. The molecule has 0 aliphatic heterocycles. The van der Waals surface area contributed by atoms with Gasteiger partial charge < -0.3 is 5.32 Å². The fourth-order valence-corrected chi connectivity index (χ4v) is 2.37. The lowest BCUT2D eigenvalue weighted by molar-refractivity contribution is -0.385. The zero-order valence-corrected chi connectivity index (χ0v) is 10.9. The van der Waals surface area contributed by atoms with Gasteiger partial charge >= 0.3 is 0 Å². The second-order valence-corrected chi connectivity index (χ2v) is 4.87. The van der Waals surface area contributed by atoms with Gasteiger partial charge in [0.25, 0.3) is 5.69 Å². The van der Waals surface area contributed by atoms with Crippen LogP contribution >= 0.6 is 11.3 Å². The molecule has 2 aromatic rings. The highest BCUT2D eigenvalue weighted by Crippen LogP contribution is 2.28. The smallest absolute Gasteiger partial charge is 0.274 e. The molecule has 1 aromatic heterocycles. The van der Waals surface area contributed by atoms with Gasteiger partial charge in [-0.05, 0) is 19.9 Å². The quantitative estimate of drug-likeness (QED) is 0.676. The Morgan fingerprint density at radius 3 is 2.89 bits per heavy atom. The molecule has 6 heteroatoms. The van der Waals surface area contributed by atoms with Crippen LogP contribution in [-0.4, -0.2) is 9.91 Å². The SMILES string of the molecule is Cc1c(NC(C)c2nccs2)cccc1[N+](=O)[O-]. The highest BCUT2D eigenvalue weighted by atomic mass is 32.1. The van der Waals surface area contributed by atoms with Crippen LogP contribution in [-0.2, 0) is 0 Å². The van der Waals surface area contributed by atoms with E-state index in [1.807, 2.05) is 18.4 Å². The molecule has 18 heavy (non-hydrogen) atoms. The van der Waals surface area contributed by atoms with Crippen LogP contribution in [0.1, 0.15) is 23.5 Å². The Morgan fingerprint density at radius 2 is 2.28 bits per heavy atom. The predicted octanol–water partition coefficient (Wildman–Crippen LogP) is 3.53. The van der Waals surface area contributed by atoms with Crippen molar-refractivity contribution < 1.29 is 4.92 Å². The molecular formula is C12H13N3O2S. The molecule has 0 bridgehead atoms. The molecule has 0 saturated heterocycles. The van der Waals surface area contributed by atoms with Gasteiger partial charge in [0.15, 0.2) is 0 Å². The zero-order valence-electron chi connectivity index (χ0n) is 10.1.